The van der Waals surface area contributed by atoms with Crippen LogP contribution in [0.2, 0.25) is 0 Å². The van der Waals surface area contributed by atoms with Gasteiger partial charge in [0, 0.05) is 12.5 Å². The number of carbonyl (C=O) groups is 1. The Labute approximate surface area is 138 Å². The molecular weight excluding hydrogens is 303 g/mol. The van der Waals surface area contributed by atoms with Gasteiger partial charge < -0.3 is 11.1 Å². The lowest BCUT2D eigenvalue weighted by atomic mass is 9.84. The highest BCUT2D eigenvalue weighted by Gasteiger charge is 2.25. The van der Waals surface area contributed by atoms with E-state index < -0.39 is 0 Å². The molecule has 0 aliphatic heterocycles. The maximum atomic E-state index is 13.2. The van der Waals surface area contributed by atoms with Gasteiger partial charge >= 0.3 is 0 Å². The molecular formula is C17H26ClFN2O. The molecule has 1 aromatic rings. The molecule has 1 aliphatic carbocycles. The molecule has 22 heavy (non-hydrogen) atoms. The maximum absolute atomic E-state index is 13.2. The van der Waals surface area contributed by atoms with Gasteiger partial charge in [-0.2, -0.15) is 0 Å². The van der Waals surface area contributed by atoms with Crippen LogP contribution >= 0.6 is 12.4 Å². The topological polar surface area (TPSA) is 55.1 Å². The lowest BCUT2D eigenvalue weighted by molar-refractivity contribution is -0.122. The summed E-state index contributed by atoms with van der Waals surface area (Å²) in [5.41, 5.74) is 6.65. The highest BCUT2D eigenvalue weighted by Crippen LogP contribution is 2.24. The lowest BCUT2D eigenvalue weighted by Gasteiger charge is -2.31. The average molecular weight is 329 g/mol. The predicted molar refractivity (Wildman–Crippen MR) is 89.6 cm³/mol. The summed E-state index contributed by atoms with van der Waals surface area (Å²) >= 11 is 0. The zero-order chi connectivity index (χ0) is 15.2. The second kappa shape index (κ2) is 9.11. The van der Waals surface area contributed by atoms with E-state index in [4.69, 9.17) is 5.73 Å². The standard InChI is InChI=1S/C17H25FN2O.ClH/c1-12(13-6-4-7-15(18)10-13)9-17(21)20-16-8-3-2-5-14(16)11-19;/h4,6-7,10,12,14,16H,2-3,5,8-9,11,19H2,1H3,(H,20,21);1H. The molecule has 3 N–H and O–H groups in total. The van der Waals surface area contributed by atoms with E-state index in [0.717, 1.165) is 24.8 Å². The molecule has 2 rings (SSSR count). The minimum atomic E-state index is -0.254. The highest BCUT2D eigenvalue weighted by atomic mass is 35.5. The monoisotopic (exact) mass is 328 g/mol. The van der Waals surface area contributed by atoms with Gasteiger partial charge in [0.25, 0.3) is 0 Å². The van der Waals surface area contributed by atoms with Gasteiger partial charge in [0.2, 0.25) is 5.91 Å². The summed E-state index contributed by atoms with van der Waals surface area (Å²) in [6.07, 6.45) is 4.86. The SMILES string of the molecule is CC(CC(=O)NC1CCCCC1CN)c1cccc(F)c1.Cl. The van der Waals surface area contributed by atoms with Crippen molar-refractivity contribution in [1.82, 2.24) is 5.32 Å². The van der Waals surface area contributed by atoms with E-state index in [1.54, 1.807) is 6.07 Å². The highest BCUT2D eigenvalue weighted by molar-refractivity contribution is 5.85. The maximum Gasteiger partial charge on any atom is 0.220 e. The molecule has 3 nitrogen and oxygen atoms in total. The van der Waals surface area contributed by atoms with E-state index in [0.29, 0.717) is 18.9 Å². The van der Waals surface area contributed by atoms with Crippen molar-refractivity contribution in [2.75, 3.05) is 6.54 Å². The molecule has 3 atom stereocenters. The van der Waals surface area contributed by atoms with E-state index in [1.165, 1.54) is 18.6 Å². The third kappa shape index (κ3) is 5.25. The van der Waals surface area contributed by atoms with Crippen LogP contribution in [0.25, 0.3) is 0 Å². The predicted octanol–water partition coefficient (Wildman–Crippen LogP) is 3.37. The molecule has 0 saturated heterocycles. The number of hydrogen-bond acceptors (Lipinski definition) is 2. The normalized spacial score (nSPS) is 22.5. The van der Waals surface area contributed by atoms with Crippen LogP contribution < -0.4 is 11.1 Å². The zero-order valence-electron chi connectivity index (χ0n) is 13.1. The number of nitrogens with two attached hydrogens (primary N) is 1. The number of nitrogens with one attached hydrogen (secondary N) is 1. The second-order valence-corrected chi connectivity index (χ2v) is 6.11. The molecule has 1 aromatic carbocycles. The van der Waals surface area contributed by atoms with Crippen molar-refractivity contribution in [1.29, 1.82) is 0 Å². The molecule has 5 heteroatoms. The van der Waals surface area contributed by atoms with Crippen molar-refractivity contribution in [2.45, 2.75) is 51.0 Å². The molecule has 124 valence electrons. The van der Waals surface area contributed by atoms with Crippen LogP contribution in [0.3, 0.4) is 0 Å². The number of rotatable bonds is 5. The van der Waals surface area contributed by atoms with Crippen molar-refractivity contribution < 1.29 is 9.18 Å². The van der Waals surface area contributed by atoms with Crippen LogP contribution in [-0.2, 0) is 4.79 Å². The summed E-state index contributed by atoms with van der Waals surface area (Å²) in [5.74, 6) is 0.195. The van der Waals surface area contributed by atoms with Gasteiger partial charge in [-0.25, -0.2) is 4.39 Å². The van der Waals surface area contributed by atoms with Gasteiger partial charge in [0.15, 0.2) is 0 Å². The summed E-state index contributed by atoms with van der Waals surface area (Å²) < 4.78 is 13.2. The molecule has 1 amide bonds. The third-order valence-electron chi connectivity index (χ3n) is 4.47. The minimum absolute atomic E-state index is 0. The van der Waals surface area contributed by atoms with E-state index in [9.17, 15) is 9.18 Å². The Balaban J connectivity index is 0.00000242. The first-order valence-corrected chi connectivity index (χ1v) is 7.85. The van der Waals surface area contributed by atoms with Gasteiger partial charge in [-0.3, -0.25) is 4.79 Å². The van der Waals surface area contributed by atoms with E-state index in [2.05, 4.69) is 5.32 Å². The van der Waals surface area contributed by atoms with Gasteiger partial charge in [-0.15, -0.1) is 12.4 Å². The van der Waals surface area contributed by atoms with Crippen LogP contribution in [0.1, 0.15) is 50.5 Å². The van der Waals surface area contributed by atoms with Gasteiger partial charge in [0.05, 0.1) is 0 Å². The summed E-state index contributed by atoms with van der Waals surface area (Å²) in [5, 5.41) is 3.12. The van der Waals surface area contributed by atoms with Crippen molar-refractivity contribution in [3.8, 4) is 0 Å². The summed E-state index contributed by atoms with van der Waals surface area (Å²) in [6, 6.07) is 6.68. The smallest absolute Gasteiger partial charge is 0.220 e. The van der Waals surface area contributed by atoms with Crippen LogP contribution in [0.15, 0.2) is 24.3 Å². The van der Waals surface area contributed by atoms with Crippen molar-refractivity contribution in [3.05, 3.63) is 35.6 Å². The van der Waals surface area contributed by atoms with Crippen LogP contribution in [0.4, 0.5) is 4.39 Å². The number of benzene rings is 1. The fraction of sp³-hybridized carbons (Fsp3) is 0.588. The Morgan fingerprint density at radius 3 is 2.82 bits per heavy atom. The fourth-order valence-electron chi connectivity index (χ4n) is 3.15. The molecule has 0 bridgehead atoms. The molecule has 1 aliphatic rings. The van der Waals surface area contributed by atoms with Crippen molar-refractivity contribution in [2.24, 2.45) is 11.7 Å². The molecule has 1 fully saturated rings. The van der Waals surface area contributed by atoms with E-state index >= 15 is 0 Å². The number of halogens is 2. The summed E-state index contributed by atoms with van der Waals surface area (Å²) in [4.78, 5) is 12.2. The molecule has 3 unspecified atom stereocenters. The minimum Gasteiger partial charge on any atom is -0.353 e. The first-order chi connectivity index (χ1) is 10.1. The quantitative estimate of drug-likeness (QED) is 0.870. The number of carbonyl (C=O) groups excluding carboxylic acids is 1. The Morgan fingerprint density at radius 2 is 2.14 bits per heavy atom. The molecule has 0 aromatic heterocycles. The van der Waals surface area contributed by atoms with Crippen molar-refractivity contribution >= 4 is 18.3 Å². The van der Waals surface area contributed by atoms with Gasteiger partial charge in [-0.1, -0.05) is 31.9 Å². The van der Waals surface area contributed by atoms with Gasteiger partial charge in [-0.05, 0) is 48.9 Å². The molecule has 0 radical (unpaired) electrons. The molecule has 1 saturated carbocycles. The van der Waals surface area contributed by atoms with Crippen LogP contribution in [0.5, 0.6) is 0 Å². The molecule has 0 spiro atoms. The first kappa shape index (κ1) is 18.9. The third-order valence-corrected chi connectivity index (χ3v) is 4.47. The van der Waals surface area contributed by atoms with E-state index in [-0.39, 0.29) is 36.1 Å². The lowest BCUT2D eigenvalue weighted by Crippen LogP contribution is -2.44. The van der Waals surface area contributed by atoms with Crippen molar-refractivity contribution in [3.63, 3.8) is 0 Å². The van der Waals surface area contributed by atoms with Gasteiger partial charge in [0.1, 0.15) is 5.82 Å². The number of hydrogen-bond donors (Lipinski definition) is 2. The fourth-order valence-corrected chi connectivity index (χ4v) is 3.15. The average Bonchev–Trinajstić information content (AvgIpc) is 2.47. The molecule has 0 heterocycles. The summed E-state index contributed by atoms with van der Waals surface area (Å²) in [7, 11) is 0. The Morgan fingerprint density at radius 1 is 1.41 bits per heavy atom. The Kier molecular flexibility index (Phi) is 7.83. The van der Waals surface area contributed by atoms with Crippen LogP contribution in [0, 0.1) is 11.7 Å². The number of amides is 1. The Bertz CT molecular complexity index is 483. The largest absolute Gasteiger partial charge is 0.353 e. The first-order valence-electron chi connectivity index (χ1n) is 7.85. The van der Waals surface area contributed by atoms with E-state index in [1.807, 2.05) is 13.0 Å². The second-order valence-electron chi connectivity index (χ2n) is 6.11. The Hall–Kier alpha value is -1.13. The van der Waals surface area contributed by atoms with Crippen LogP contribution in [-0.4, -0.2) is 18.5 Å². The summed E-state index contributed by atoms with van der Waals surface area (Å²) in [6.45, 7) is 2.58. The zero-order valence-corrected chi connectivity index (χ0v) is 13.9.